The summed E-state index contributed by atoms with van der Waals surface area (Å²) in [5.74, 6) is -1.45. The Morgan fingerprint density at radius 3 is 2.57 bits per heavy atom. The van der Waals surface area contributed by atoms with Gasteiger partial charge in [0.25, 0.3) is 5.91 Å². The third kappa shape index (κ3) is 2.37. The molecule has 1 fully saturated rings. The number of carboxylic acid groups (broad SMARTS) is 1. The van der Waals surface area contributed by atoms with E-state index in [1.54, 1.807) is 6.92 Å². The highest BCUT2D eigenvalue weighted by Gasteiger charge is 2.45. The van der Waals surface area contributed by atoms with Crippen molar-refractivity contribution in [3.05, 3.63) is 27.9 Å². The van der Waals surface area contributed by atoms with Crippen LogP contribution in [0.4, 0.5) is 5.82 Å². The van der Waals surface area contributed by atoms with E-state index in [-0.39, 0.29) is 24.0 Å². The standard InChI is InChI=1S/C13H17N3O5/c1-3-13(12(18)19)6-7-15(8-13)11(17)9-4-5-10(14(9)2)16(20)21/h4-5H,3,6-8H2,1-2H3,(H,18,19). The van der Waals surface area contributed by atoms with Crippen LogP contribution in [0.25, 0.3) is 0 Å². The highest BCUT2D eigenvalue weighted by molar-refractivity contribution is 5.94. The molecule has 0 spiro atoms. The van der Waals surface area contributed by atoms with Crippen molar-refractivity contribution in [3.8, 4) is 0 Å². The summed E-state index contributed by atoms with van der Waals surface area (Å²) in [6.07, 6.45) is 0.844. The van der Waals surface area contributed by atoms with Gasteiger partial charge < -0.3 is 20.1 Å². The summed E-state index contributed by atoms with van der Waals surface area (Å²) in [5.41, 5.74) is -0.716. The molecule has 21 heavy (non-hydrogen) atoms. The Morgan fingerprint density at radius 1 is 1.48 bits per heavy atom. The van der Waals surface area contributed by atoms with E-state index in [0.717, 1.165) is 0 Å². The summed E-state index contributed by atoms with van der Waals surface area (Å²) < 4.78 is 1.22. The lowest BCUT2D eigenvalue weighted by molar-refractivity contribution is -0.391. The van der Waals surface area contributed by atoms with Crippen LogP contribution >= 0.6 is 0 Å². The molecule has 8 heteroatoms. The molecule has 0 saturated carbocycles. The molecule has 1 aliphatic heterocycles. The Bertz CT molecular complexity index is 609. The first-order chi connectivity index (χ1) is 9.82. The maximum absolute atomic E-state index is 12.4. The van der Waals surface area contributed by atoms with Gasteiger partial charge in [0.05, 0.1) is 12.5 Å². The van der Waals surface area contributed by atoms with Gasteiger partial charge in [0.15, 0.2) is 5.69 Å². The fourth-order valence-electron chi connectivity index (χ4n) is 2.72. The zero-order valence-corrected chi connectivity index (χ0v) is 11.9. The Morgan fingerprint density at radius 2 is 2.14 bits per heavy atom. The molecule has 0 radical (unpaired) electrons. The first-order valence-electron chi connectivity index (χ1n) is 6.65. The van der Waals surface area contributed by atoms with E-state index >= 15 is 0 Å². The summed E-state index contributed by atoms with van der Waals surface area (Å²) in [5, 5.41) is 20.1. The van der Waals surface area contributed by atoms with E-state index in [2.05, 4.69) is 0 Å². The van der Waals surface area contributed by atoms with Gasteiger partial charge in [0.1, 0.15) is 0 Å². The van der Waals surface area contributed by atoms with Crippen LogP contribution in [0.2, 0.25) is 0 Å². The summed E-state index contributed by atoms with van der Waals surface area (Å²) in [6.45, 7) is 2.27. The van der Waals surface area contributed by atoms with Crippen molar-refractivity contribution in [2.75, 3.05) is 13.1 Å². The highest BCUT2D eigenvalue weighted by Crippen LogP contribution is 2.35. The first-order valence-corrected chi connectivity index (χ1v) is 6.65. The second-order valence-electron chi connectivity index (χ2n) is 5.31. The molecule has 1 N–H and O–H groups in total. The van der Waals surface area contributed by atoms with Crippen molar-refractivity contribution < 1.29 is 19.6 Å². The van der Waals surface area contributed by atoms with Gasteiger partial charge in [-0.2, -0.15) is 0 Å². The summed E-state index contributed by atoms with van der Waals surface area (Å²) >= 11 is 0. The zero-order chi connectivity index (χ0) is 15.8. The number of aromatic nitrogens is 1. The van der Waals surface area contributed by atoms with Crippen molar-refractivity contribution in [3.63, 3.8) is 0 Å². The van der Waals surface area contributed by atoms with Crippen LogP contribution in [0.5, 0.6) is 0 Å². The number of hydrogen-bond donors (Lipinski definition) is 1. The van der Waals surface area contributed by atoms with Crippen LogP contribution in [0, 0.1) is 15.5 Å². The van der Waals surface area contributed by atoms with Gasteiger partial charge in [-0.25, -0.2) is 4.57 Å². The largest absolute Gasteiger partial charge is 0.481 e. The molecule has 1 amide bonds. The van der Waals surface area contributed by atoms with Crippen LogP contribution in [0.1, 0.15) is 30.3 Å². The lowest BCUT2D eigenvalue weighted by Crippen LogP contribution is -2.37. The normalized spacial score (nSPS) is 21.5. The summed E-state index contributed by atoms with van der Waals surface area (Å²) in [6, 6.07) is 2.67. The average Bonchev–Trinajstić information content (AvgIpc) is 3.02. The average molecular weight is 295 g/mol. The molecule has 0 aliphatic carbocycles. The molecule has 1 unspecified atom stereocenters. The van der Waals surface area contributed by atoms with Crippen LogP contribution < -0.4 is 0 Å². The molecule has 114 valence electrons. The molecule has 1 atom stereocenters. The monoisotopic (exact) mass is 295 g/mol. The molecule has 1 aromatic heterocycles. The van der Waals surface area contributed by atoms with Crippen LogP contribution in [0.15, 0.2) is 12.1 Å². The Hall–Kier alpha value is -2.38. The van der Waals surface area contributed by atoms with Crippen molar-refractivity contribution in [2.24, 2.45) is 12.5 Å². The molecular weight excluding hydrogens is 278 g/mol. The van der Waals surface area contributed by atoms with E-state index in [1.165, 1.54) is 28.6 Å². The predicted octanol–water partition coefficient (Wildman–Crippen LogP) is 1.26. The smallest absolute Gasteiger partial charge is 0.323 e. The van der Waals surface area contributed by atoms with Gasteiger partial charge in [-0.15, -0.1) is 0 Å². The van der Waals surface area contributed by atoms with Crippen LogP contribution in [0.3, 0.4) is 0 Å². The van der Waals surface area contributed by atoms with Crippen LogP contribution in [-0.2, 0) is 11.8 Å². The first kappa shape index (κ1) is 15.0. The number of carbonyl (C=O) groups excluding carboxylic acids is 1. The van der Waals surface area contributed by atoms with Gasteiger partial charge in [-0.05, 0) is 23.8 Å². The van der Waals surface area contributed by atoms with E-state index in [4.69, 9.17) is 0 Å². The number of nitro groups is 1. The minimum Gasteiger partial charge on any atom is -0.481 e. The lowest BCUT2D eigenvalue weighted by atomic mass is 9.84. The van der Waals surface area contributed by atoms with E-state index in [1.807, 2.05) is 0 Å². The van der Waals surface area contributed by atoms with Gasteiger partial charge in [0, 0.05) is 19.2 Å². The summed E-state index contributed by atoms with van der Waals surface area (Å²) in [7, 11) is 1.45. The number of carbonyl (C=O) groups is 2. The number of nitrogens with zero attached hydrogens (tertiary/aromatic N) is 3. The molecule has 2 rings (SSSR count). The quantitative estimate of drug-likeness (QED) is 0.665. The van der Waals surface area contributed by atoms with Gasteiger partial charge >= 0.3 is 11.8 Å². The van der Waals surface area contributed by atoms with Gasteiger partial charge in [-0.1, -0.05) is 6.92 Å². The molecule has 1 saturated heterocycles. The Kier molecular flexibility index (Phi) is 3.71. The lowest BCUT2D eigenvalue weighted by Gasteiger charge is -2.22. The number of carboxylic acids is 1. The zero-order valence-electron chi connectivity index (χ0n) is 11.9. The Labute approximate surface area is 121 Å². The fraction of sp³-hybridized carbons (Fsp3) is 0.538. The van der Waals surface area contributed by atoms with E-state index in [9.17, 15) is 24.8 Å². The number of aliphatic carboxylic acids is 1. The van der Waals surface area contributed by atoms with Gasteiger partial charge in [0.2, 0.25) is 0 Å². The van der Waals surface area contributed by atoms with Crippen molar-refractivity contribution >= 4 is 17.7 Å². The highest BCUT2D eigenvalue weighted by atomic mass is 16.6. The number of hydrogen-bond acceptors (Lipinski definition) is 4. The van der Waals surface area contributed by atoms with Crippen molar-refractivity contribution in [2.45, 2.75) is 19.8 Å². The Balaban J connectivity index is 2.23. The fourth-order valence-corrected chi connectivity index (χ4v) is 2.72. The van der Waals surface area contributed by atoms with Gasteiger partial charge in [-0.3, -0.25) is 9.59 Å². The molecule has 1 aliphatic rings. The predicted molar refractivity (Wildman–Crippen MR) is 72.9 cm³/mol. The number of amides is 1. The second-order valence-corrected chi connectivity index (χ2v) is 5.31. The topological polar surface area (TPSA) is 106 Å². The minimum atomic E-state index is -0.910. The molecule has 0 aromatic carbocycles. The summed E-state index contributed by atoms with van der Waals surface area (Å²) in [4.78, 5) is 35.5. The minimum absolute atomic E-state index is 0.136. The third-order valence-corrected chi connectivity index (χ3v) is 4.27. The number of rotatable bonds is 4. The number of likely N-dealkylation sites (tertiary alicyclic amines) is 1. The second kappa shape index (κ2) is 5.19. The molecule has 1 aromatic rings. The third-order valence-electron chi connectivity index (χ3n) is 4.27. The molecule has 0 bridgehead atoms. The maximum Gasteiger partial charge on any atom is 0.323 e. The SMILES string of the molecule is CCC1(C(=O)O)CCN(C(=O)c2ccc([N+](=O)[O-])n2C)C1. The molecule has 8 nitrogen and oxygen atoms in total. The molecular formula is C13H17N3O5. The maximum atomic E-state index is 12.4. The van der Waals surface area contributed by atoms with Crippen molar-refractivity contribution in [1.82, 2.24) is 9.47 Å². The van der Waals surface area contributed by atoms with Crippen LogP contribution in [-0.4, -0.2) is 44.5 Å². The van der Waals surface area contributed by atoms with E-state index in [0.29, 0.717) is 19.4 Å². The van der Waals surface area contributed by atoms with Crippen molar-refractivity contribution in [1.29, 1.82) is 0 Å². The van der Waals surface area contributed by atoms with E-state index < -0.39 is 16.3 Å². The molecule has 2 heterocycles.